The molecule has 1 aliphatic rings. The van der Waals surface area contributed by atoms with Gasteiger partial charge in [-0.15, -0.1) is 0 Å². The number of hydrogen-bond acceptors (Lipinski definition) is 2. The van der Waals surface area contributed by atoms with Gasteiger partial charge in [-0.1, -0.05) is 322 Å². The zero-order valence-electron chi connectivity index (χ0n) is 69.1. The first-order chi connectivity index (χ1) is 49.8. The molecule has 2 nitrogen and oxygen atoms in total. The standard InChI is InChI=1S/C44H52N2.C31H30.C28H44/c1-29-13-17-37(18-14-29)45(41-31(3)25-35(26-32(41)4)43(7,8)9)39-21-23-40(24-22-39)46(38-19-15-30(2)16-20-38)42-33(5)27-36(28-34(42)6)44(10,11)12;1-19-7-9-27-28-10-8-20(2)18-30(28)31(29(27)17-19,25-13-21(3)11-22(4)14-25)26-15-23(5)12-24(6)16-26;1-7-11-13-23(9-3)19-25-15-21(5)18-28-26(16-22(6)17-27(25)28)20-24(10-4)14-12-8-2/h13-28H,1-12H3;7-18H,1-6H3;15-18,23-24H,7-14,19-20H2,1-6H3. The van der Waals surface area contributed by atoms with E-state index in [1.54, 1.807) is 11.1 Å². The van der Waals surface area contributed by atoms with E-state index >= 15 is 0 Å². The van der Waals surface area contributed by atoms with Crippen LogP contribution in [-0.2, 0) is 29.1 Å². The zero-order valence-corrected chi connectivity index (χ0v) is 69.1. The second-order valence-corrected chi connectivity index (χ2v) is 34.1. The minimum absolute atomic E-state index is 0.0885. The van der Waals surface area contributed by atoms with Gasteiger partial charge in [0.2, 0.25) is 0 Å². The average Bonchev–Trinajstić information content (AvgIpc) is 1.55. The Hall–Kier alpha value is -8.72. The predicted octanol–water partition coefficient (Wildman–Crippen LogP) is 29.9. The summed E-state index contributed by atoms with van der Waals surface area (Å²) in [4.78, 5) is 4.84. The summed E-state index contributed by atoms with van der Waals surface area (Å²) in [5.41, 5.74) is 39.5. The van der Waals surface area contributed by atoms with Crippen molar-refractivity contribution >= 4 is 44.9 Å². The van der Waals surface area contributed by atoms with Crippen molar-refractivity contribution in [3.05, 3.63) is 317 Å². The van der Waals surface area contributed by atoms with E-state index in [-0.39, 0.29) is 16.2 Å². The van der Waals surface area contributed by atoms with Crippen LogP contribution in [0.5, 0.6) is 0 Å². The molecule has 105 heavy (non-hydrogen) atoms. The lowest BCUT2D eigenvalue weighted by Crippen LogP contribution is -2.29. The van der Waals surface area contributed by atoms with E-state index in [1.165, 1.54) is 209 Å². The maximum Gasteiger partial charge on any atom is 0.0714 e. The summed E-state index contributed by atoms with van der Waals surface area (Å²) >= 11 is 0. The smallest absolute Gasteiger partial charge is 0.0714 e. The van der Waals surface area contributed by atoms with Gasteiger partial charge in [0, 0.05) is 22.7 Å². The van der Waals surface area contributed by atoms with Gasteiger partial charge in [0.05, 0.1) is 16.8 Å². The second-order valence-electron chi connectivity index (χ2n) is 34.1. The summed E-state index contributed by atoms with van der Waals surface area (Å²) in [6.45, 7) is 54.3. The Labute approximate surface area is 636 Å². The van der Waals surface area contributed by atoms with Gasteiger partial charge in [-0.3, -0.25) is 0 Å². The molecule has 0 N–H and O–H groups in total. The van der Waals surface area contributed by atoms with E-state index in [0.29, 0.717) is 0 Å². The van der Waals surface area contributed by atoms with Crippen LogP contribution in [0.25, 0.3) is 21.9 Å². The Morgan fingerprint density at radius 3 is 0.876 bits per heavy atom. The predicted molar refractivity (Wildman–Crippen MR) is 461 cm³/mol. The highest BCUT2D eigenvalue weighted by atomic mass is 15.2. The molecule has 548 valence electrons. The van der Waals surface area contributed by atoms with Crippen molar-refractivity contribution in [2.75, 3.05) is 9.80 Å². The maximum absolute atomic E-state index is 2.47. The molecule has 0 spiro atoms. The molecule has 0 aliphatic heterocycles. The highest BCUT2D eigenvalue weighted by Gasteiger charge is 2.47. The molecule has 0 fully saturated rings. The molecule has 0 radical (unpaired) electrons. The third-order valence-corrected chi connectivity index (χ3v) is 22.5. The lowest BCUT2D eigenvalue weighted by Gasteiger charge is -2.35. The molecular weight excluding hydrogens is 1270 g/mol. The van der Waals surface area contributed by atoms with Crippen LogP contribution in [0, 0.1) is 109 Å². The third kappa shape index (κ3) is 17.9. The highest BCUT2D eigenvalue weighted by molar-refractivity contribution is 5.91. The Morgan fingerprint density at radius 1 is 0.305 bits per heavy atom. The summed E-state index contributed by atoms with van der Waals surface area (Å²) in [6.07, 6.45) is 13.2. The summed E-state index contributed by atoms with van der Waals surface area (Å²) < 4.78 is 0. The fraction of sp³-hybridized carbons (Fsp3) is 0.379. The first-order valence-electron chi connectivity index (χ1n) is 39.8. The number of anilines is 6. The van der Waals surface area contributed by atoms with Crippen molar-refractivity contribution in [2.45, 2.75) is 247 Å². The van der Waals surface area contributed by atoms with Gasteiger partial charge in [-0.25, -0.2) is 0 Å². The van der Waals surface area contributed by atoms with Crippen LogP contribution in [0.2, 0.25) is 0 Å². The summed E-state index contributed by atoms with van der Waals surface area (Å²) in [5, 5.41) is 3.06. The topological polar surface area (TPSA) is 6.48 Å². The quantitative estimate of drug-likeness (QED) is 0.0750. The molecule has 0 saturated carbocycles. The molecule has 0 bridgehead atoms. The number of fused-ring (bicyclic) bond motifs is 4. The van der Waals surface area contributed by atoms with Gasteiger partial charge in [-0.2, -0.15) is 0 Å². The molecule has 11 aromatic rings. The van der Waals surface area contributed by atoms with Crippen molar-refractivity contribution < 1.29 is 0 Å². The lowest BCUT2D eigenvalue weighted by atomic mass is 9.66. The van der Waals surface area contributed by atoms with Crippen LogP contribution in [0.15, 0.2) is 194 Å². The first-order valence-corrected chi connectivity index (χ1v) is 39.8. The number of hydrogen-bond donors (Lipinski definition) is 0. The molecule has 2 atom stereocenters. The molecule has 0 saturated heterocycles. The number of rotatable bonds is 20. The zero-order chi connectivity index (χ0) is 76.0. The molecule has 2 unspecified atom stereocenters. The van der Waals surface area contributed by atoms with Crippen molar-refractivity contribution in [1.82, 2.24) is 0 Å². The number of unbranched alkanes of at least 4 members (excludes halogenated alkanes) is 2. The molecule has 1 aliphatic carbocycles. The van der Waals surface area contributed by atoms with Crippen LogP contribution in [-0.4, -0.2) is 0 Å². The second kappa shape index (κ2) is 33.4. The van der Waals surface area contributed by atoms with Gasteiger partial charge in [0.25, 0.3) is 0 Å². The fourth-order valence-corrected chi connectivity index (χ4v) is 16.9. The number of benzene rings is 11. The van der Waals surface area contributed by atoms with Crippen LogP contribution in [0.1, 0.15) is 243 Å². The largest absolute Gasteiger partial charge is 0.310 e. The monoisotopic (exact) mass is 1390 g/mol. The Morgan fingerprint density at radius 2 is 0.590 bits per heavy atom. The van der Waals surface area contributed by atoms with Gasteiger partial charge < -0.3 is 9.80 Å². The van der Waals surface area contributed by atoms with Crippen LogP contribution < -0.4 is 9.80 Å². The Bertz CT molecular complexity index is 4430. The molecule has 0 amide bonds. The SMILES string of the molecule is CCCCC(CC)Cc1cc(C)cc2c(CC(CC)CCCC)cc(C)cc12.Cc1cc(C)cc(C2(c3cc(C)cc(C)c3)c3cc(C)ccc3-c3ccc(C)cc32)c1.Cc1ccc(N(c2ccc(N(c3ccc(C)cc3)c3c(C)cc(C(C)(C)C)cc3C)cc2)c2c(C)cc(C(C)(C)C)cc2C)cc1. The van der Waals surface area contributed by atoms with Crippen molar-refractivity contribution in [3.8, 4) is 11.1 Å². The molecule has 0 aromatic heterocycles. The first kappa shape index (κ1) is 78.9. The van der Waals surface area contributed by atoms with Crippen LogP contribution in [0.3, 0.4) is 0 Å². The fourth-order valence-electron chi connectivity index (χ4n) is 16.9. The van der Waals surface area contributed by atoms with E-state index in [1.807, 2.05) is 0 Å². The normalized spacial score (nSPS) is 13.0. The number of nitrogens with zero attached hydrogens (tertiary/aromatic N) is 2. The molecule has 11 aromatic carbocycles. The molecule has 2 heteroatoms. The Kier molecular flexibility index (Phi) is 25.1. The highest BCUT2D eigenvalue weighted by Crippen LogP contribution is 2.57. The van der Waals surface area contributed by atoms with E-state index in [9.17, 15) is 0 Å². The van der Waals surface area contributed by atoms with Gasteiger partial charge in [0.15, 0.2) is 0 Å². The van der Waals surface area contributed by atoms with Gasteiger partial charge >= 0.3 is 0 Å². The minimum atomic E-state index is -0.309. The molecular formula is C103H126N2. The third-order valence-electron chi connectivity index (χ3n) is 22.5. The van der Waals surface area contributed by atoms with E-state index in [4.69, 9.17) is 0 Å². The van der Waals surface area contributed by atoms with Gasteiger partial charge in [-0.05, 0) is 270 Å². The van der Waals surface area contributed by atoms with E-state index < -0.39 is 0 Å². The number of aryl methyl sites for hydroxylation is 14. The maximum atomic E-state index is 2.47. The van der Waals surface area contributed by atoms with Crippen molar-refractivity contribution in [3.63, 3.8) is 0 Å². The molecule has 0 heterocycles. The average molecular weight is 1390 g/mol. The van der Waals surface area contributed by atoms with Crippen LogP contribution in [0.4, 0.5) is 34.1 Å². The Balaban J connectivity index is 0.000000176. The lowest BCUT2D eigenvalue weighted by molar-refractivity contribution is 0.449. The summed E-state index contributed by atoms with van der Waals surface area (Å²) in [6, 6.07) is 74.3. The summed E-state index contributed by atoms with van der Waals surface area (Å²) in [7, 11) is 0. The van der Waals surface area contributed by atoms with E-state index in [2.05, 4.69) is 370 Å². The van der Waals surface area contributed by atoms with Crippen molar-refractivity contribution in [2.24, 2.45) is 11.8 Å². The van der Waals surface area contributed by atoms with Crippen molar-refractivity contribution in [1.29, 1.82) is 0 Å². The summed E-state index contributed by atoms with van der Waals surface area (Å²) in [5.74, 6) is 1.64. The van der Waals surface area contributed by atoms with E-state index in [0.717, 1.165) is 34.6 Å². The molecule has 12 rings (SSSR count). The van der Waals surface area contributed by atoms with Crippen LogP contribution >= 0.6 is 0 Å². The van der Waals surface area contributed by atoms with Gasteiger partial charge in [0.1, 0.15) is 0 Å². The minimum Gasteiger partial charge on any atom is -0.310 e.